The van der Waals surface area contributed by atoms with E-state index in [2.05, 4.69) is 9.97 Å². The summed E-state index contributed by atoms with van der Waals surface area (Å²) in [4.78, 5) is 9.07. The van der Waals surface area contributed by atoms with Crippen LogP contribution in [0.4, 0.5) is 10.2 Å². The lowest BCUT2D eigenvalue weighted by Crippen LogP contribution is -2.21. The summed E-state index contributed by atoms with van der Waals surface area (Å²) in [6.07, 6.45) is 3.61. The molecule has 0 bridgehead atoms. The van der Waals surface area contributed by atoms with Crippen LogP contribution in [0.15, 0.2) is 6.20 Å². The van der Waals surface area contributed by atoms with Gasteiger partial charge in [-0.1, -0.05) is 0 Å². The molecule has 1 aromatic rings. The molecular formula is C10H15ClFN3O. The van der Waals surface area contributed by atoms with Gasteiger partial charge >= 0.3 is 0 Å². The zero-order valence-corrected chi connectivity index (χ0v) is 9.91. The second-order valence-corrected chi connectivity index (χ2v) is 3.85. The summed E-state index contributed by atoms with van der Waals surface area (Å²) in [5, 5.41) is 8.66. The van der Waals surface area contributed by atoms with Gasteiger partial charge in [-0.2, -0.15) is 4.98 Å². The van der Waals surface area contributed by atoms with Gasteiger partial charge in [0.05, 0.1) is 6.20 Å². The fraction of sp³-hybridized carbons (Fsp3) is 0.600. The van der Waals surface area contributed by atoms with Gasteiger partial charge in [-0.25, -0.2) is 9.37 Å². The van der Waals surface area contributed by atoms with E-state index in [0.29, 0.717) is 6.54 Å². The first kappa shape index (κ1) is 13.1. The van der Waals surface area contributed by atoms with Crippen molar-refractivity contribution in [1.82, 2.24) is 9.97 Å². The molecule has 0 spiro atoms. The highest BCUT2D eigenvalue weighted by molar-refractivity contribution is 6.28. The lowest BCUT2D eigenvalue weighted by atomic mass is 10.2. The monoisotopic (exact) mass is 247 g/mol. The van der Waals surface area contributed by atoms with Crippen LogP contribution in [0.2, 0.25) is 5.28 Å². The molecule has 0 aliphatic rings. The average Bonchev–Trinajstić information content (AvgIpc) is 2.27. The molecule has 1 rings (SSSR count). The summed E-state index contributed by atoms with van der Waals surface area (Å²) >= 11 is 5.60. The number of aromatic nitrogens is 2. The molecule has 0 aliphatic carbocycles. The summed E-state index contributed by atoms with van der Waals surface area (Å²) < 4.78 is 13.3. The minimum Gasteiger partial charge on any atom is -0.396 e. The Hall–Kier alpha value is -0.940. The molecule has 0 atom stereocenters. The van der Waals surface area contributed by atoms with E-state index in [1.54, 1.807) is 11.9 Å². The third-order valence-corrected chi connectivity index (χ3v) is 2.39. The summed E-state index contributed by atoms with van der Waals surface area (Å²) in [7, 11) is 1.75. The van der Waals surface area contributed by atoms with Crippen LogP contribution in [0.1, 0.15) is 19.3 Å². The van der Waals surface area contributed by atoms with Crippen LogP contribution in [0.25, 0.3) is 0 Å². The summed E-state index contributed by atoms with van der Waals surface area (Å²) in [6.45, 7) is 0.863. The Kier molecular flexibility index (Phi) is 5.42. The quantitative estimate of drug-likeness (QED) is 0.616. The van der Waals surface area contributed by atoms with Gasteiger partial charge < -0.3 is 10.0 Å². The van der Waals surface area contributed by atoms with Gasteiger partial charge in [0.25, 0.3) is 0 Å². The number of hydrogen-bond acceptors (Lipinski definition) is 4. The molecule has 0 radical (unpaired) electrons. The number of hydrogen-bond donors (Lipinski definition) is 1. The minimum atomic E-state index is -0.478. The van der Waals surface area contributed by atoms with Crippen LogP contribution in [-0.2, 0) is 0 Å². The first-order valence-electron chi connectivity index (χ1n) is 5.15. The molecule has 0 saturated heterocycles. The Labute approximate surface area is 99.1 Å². The number of rotatable bonds is 6. The second-order valence-electron chi connectivity index (χ2n) is 3.52. The third kappa shape index (κ3) is 3.90. The lowest BCUT2D eigenvalue weighted by Gasteiger charge is -2.18. The van der Waals surface area contributed by atoms with Crippen molar-refractivity contribution in [2.75, 3.05) is 25.1 Å². The van der Waals surface area contributed by atoms with Crippen molar-refractivity contribution in [3.8, 4) is 0 Å². The molecule has 0 amide bonds. The molecule has 0 saturated carbocycles. The number of unbranched alkanes of at least 4 members (excludes halogenated alkanes) is 2. The van der Waals surface area contributed by atoms with Gasteiger partial charge in [0.15, 0.2) is 11.6 Å². The molecule has 1 heterocycles. The van der Waals surface area contributed by atoms with E-state index >= 15 is 0 Å². The SMILES string of the molecule is CN(CCCCCO)c1nc(Cl)ncc1F. The van der Waals surface area contributed by atoms with Crippen LogP contribution in [0, 0.1) is 5.82 Å². The highest BCUT2D eigenvalue weighted by Gasteiger charge is 2.10. The molecule has 0 fully saturated rings. The van der Waals surface area contributed by atoms with Gasteiger partial charge in [-0.15, -0.1) is 0 Å². The zero-order chi connectivity index (χ0) is 12.0. The molecule has 1 aromatic heterocycles. The second kappa shape index (κ2) is 6.60. The smallest absolute Gasteiger partial charge is 0.224 e. The van der Waals surface area contributed by atoms with Crippen LogP contribution >= 0.6 is 11.6 Å². The van der Waals surface area contributed by atoms with Crippen LogP contribution < -0.4 is 4.90 Å². The highest BCUT2D eigenvalue weighted by atomic mass is 35.5. The summed E-state index contributed by atoms with van der Waals surface area (Å²) in [5.74, 6) is -0.266. The molecule has 90 valence electrons. The maximum absolute atomic E-state index is 13.3. The van der Waals surface area contributed by atoms with E-state index in [0.717, 1.165) is 25.5 Å². The Bertz CT molecular complexity index is 338. The molecule has 16 heavy (non-hydrogen) atoms. The Morgan fingerprint density at radius 2 is 2.19 bits per heavy atom. The fourth-order valence-electron chi connectivity index (χ4n) is 1.35. The molecule has 6 heteroatoms. The number of nitrogens with zero attached hydrogens (tertiary/aromatic N) is 3. The largest absolute Gasteiger partial charge is 0.396 e. The lowest BCUT2D eigenvalue weighted by molar-refractivity contribution is 0.283. The maximum atomic E-state index is 13.3. The van der Waals surface area contributed by atoms with Gasteiger partial charge in [0.2, 0.25) is 5.28 Å². The van der Waals surface area contributed by atoms with Crippen molar-refractivity contribution in [3.63, 3.8) is 0 Å². The topological polar surface area (TPSA) is 49.2 Å². The zero-order valence-electron chi connectivity index (χ0n) is 9.16. The van der Waals surface area contributed by atoms with Crippen LogP contribution in [0.3, 0.4) is 0 Å². The Morgan fingerprint density at radius 1 is 1.44 bits per heavy atom. The van der Waals surface area contributed by atoms with Gasteiger partial charge in [-0.05, 0) is 30.9 Å². The van der Waals surface area contributed by atoms with Crippen molar-refractivity contribution in [2.45, 2.75) is 19.3 Å². The van der Waals surface area contributed by atoms with Crippen molar-refractivity contribution in [1.29, 1.82) is 0 Å². The fourth-order valence-corrected chi connectivity index (χ4v) is 1.48. The first-order valence-corrected chi connectivity index (χ1v) is 5.53. The van der Waals surface area contributed by atoms with E-state index in [9.17, 15) is 4.39 Å². The normalized spacial score (nSPS) is 10.5. The highest BCUT2D eigenvalue weighted by Crippen LogP contribution is 2.16. The van der Waals surface area contributed by atoms with Gasteiger partial charge in [0, 0.05) is 20.2 Å². The predicted octanol–water partition coefficient (Wildman–Crippen LogP) is 1.87. The number of anilines is 1. The molecule has 4 nitrogen and oxygen atoms in total. The van der Waals surface area contributed by atoms with Crippen molar-refractivity contribution in [3.05, 3.63) is 17.3 Å². The first-order chi connectivity index (χ1) is 7.65. The number of aliphatic hydroxyl groups is 1. The van der Waals surface area contributed by atoms with Crippen molar-refractivity contribution < 1.29 is 9.50 Å². The van der Waals surface area contributed by atoms with E-state index in [1.165, 1.54) is 0 Å². The van der Waals surface area contributed by atoms with Crippen molar-refractivity contribution in [2.24, 2.45) is 0 Å². The third-order valence-electron chi connectivity index (χ3n) is 2.21. The van der Waals surface area contributed by atoms with E-state index < -0.39 is 5.82 Å². The minimum absolute atomic E-state index is 0.0404. The van der Waals surface area contributed by atoms with Gasteiger partial charge in [-0.3, -0.25) is 0 Å². The molecule has 1 N–H and O–H groups in total. The molecule has 0 aliphatic heterocycles. The van der Waals surface area contributed by atoms with Crippen LogP contribution in [0.5, 0.6) is 0 Å². The molecule has 0 unspecified atom stereocenters. The maximum Gasteiger partial charge on any atom is 0.224 e. The summed E-state index contributed by atoms with van der Waals surface area (Å²) in [5.41, 5.74) is 0. The van der Waals surface area contributed by atoms with E-state index in [4.69, 9.17) is 16.7 Å². The summed E-state index contributed by atoms with van der Waals surface area (Å²) in [6, 6.07) is 0. The van der Waals surface area contributed by atoms with Crippen LogP contribution in [-0.4, -0.2) is 35.3 Å². The number of halogens is 2. The molecular weight excluding hydrogens is 233 g/mol. The Morgan fingerprint density at radius 3 is 2.88 bits per heavy atom. The van der Waals surface area contributed by atoms with Crippen molar-refractivity contribution >= 4 is 17.4 Å². The average molecular weight is 248 g/mol. The van der Waals surface area contributed by atoms with Gasteiger partial charge in [0.1, 0.15) is 0 Å². The number of aliphatic hydroxyl groups excluding tert-OH is 1. The Balaban J connectivity index is 2.51. The van der Waals surface area contributed by atoms with E-state index in [1.807, 2.05) is 0 Å². The standard InChI is InChI=1S/C10H15ClFN3O/c1-15(5-3-2-4-6-16)9-8(12)7-13-10(11)14-9/h7,16H,2-6H2,1H3. The van der Waals surface area contributed by atoms with E-state index in [-0.39, 0.29) is 17.7 Å². The predicted molar refractivity (Wildman–Crippen MR) is 61.2 cm³/mol. The molecule has 0 aromatic carbocycles.